The van der Waals surface area contributed by atoms with Gasteiger partial charge >= 0.3 is 0 Å². The van der Waals surface area contributed by atoms with E-state index in [1.807, 2.05) is 0 Å². The molecule has 0 saturated carbocycles. The third-order valence-corrected chi connectivity index (χ3v) is 8.60. The minimum Gasteiger partial charge on any atom is -0.379 e. The number of nitrogens with one attached hydrogen (secondary N) is 1. The smallest absolute Gasteiger partial charge is 0.243 e. The number of ether oxygens (including phenoxy) is 1. The van der Waals surface area contributed by atoms with Crippen LogP contribution in [0.4, 0.5) is 10.1 Å². The summed E-state index contributed by atoms with van der Waals surface area (Å²) in [5, 5.41) is 2.76. The molecule has 0 bridgehead atoms. The molecule has 1 fully saturated rings. The van der Waals surface area contributed by atoms with Crippen LogP contribution in [0.15, 0.2) is 46.2 Å². The normalized spacial score (nSPS) is 17.0. The van der Waals surface area contributed by atoms with Crippen LogP contribution in [0.25, 0.3) is 0 Å². The van der Waals surface area contributed by atoms with Crippen LogP contribution in [-0.2, 0) is 30.9 Å². The molecule has 2 aromatic rings. The third kappa shape index (κ3) is 5.17. The van der Waals surface area contributed by atoms with Crippen LogP contribution in [0.5, 0.6) is 0 Å². The number of hydrogen-bond acceptors (Lipinski definition) is 6. The lowest BCUT2D eigenvalue weighted by molar-refractivity contribution is -0.123. The molecule has 0 aliphatic carbocycles. The van der Waals surface area contributed by atoms with Crippen LogP contribution in [0.3, 0.4) is 0 Å². The Hall–Kier alpha value is -2.18. The first-order chi connectivity index (χ1) is 15.8. The molecule has 12 heteroatoms. The van der Waals surface area contributed by atoms with Gasteiger partial charge in [0.05, 0.1) is 29.5 Å². The van der Waals surface area contributed by atoms with Crippen molar-refractivity contribution in [2.75, 3.05) is 43.5 Å². The van der Waals surface area contributed by atoms with Crippen molar-refractivity contribution in [3.8, 4) is 0 Å². The number of carbonyl (C=O) groups is 2. The number of amides is 2. The molecule has 176 valence electrons. The summed E-state index contributed by atoms with van der Waals surface area (Å²) in [7, 11) is -3.77. The first kappa shape index (κ1) is 24.0. The van der Waals surface area contributed by atoms with E-state index in [0.717, 1.165) is 0 Å². The molecule has 0 atom stereocenters. The van der Waals surface area contributed by atoms with Crippen molar-refractivity contribution in [2.24, 2.45) is 0 Å². The van der Waals surface area contributed by atoms with Crippen LogP contribution >= 0.6 is 23.4 Å². The lowest BCUT2D eigenvalue weighted by atomic mass is 10.2. The number of hydrogen-bond donors (Lipinski definition) is 1. The second kappa shape index (κ2) is 9.98. The van der Waals surface area contributed by atoms with Crippen LogP contribution in [0.2, 0.25) is 5.02 Å². The van der Waals surface area contributed by atoms with E-state index in [4.69, 9.17) is 16.3 Å². The predicted octanol–water partition coefficient (Wildman–Crippen LogP) is 2.26. The number of nitrogens with zero attached hydrogens (tertiary/aromatic N) is 2. The van der Waals surface area contributed by atoms with Crippen molar-refractivity contribution in [1.29, 1.82) is 0 Å². The van der Waals surface area contributed by atoms with Crippen molar-refractivity contribution in [3.05, 3.63) is 52.8 Å². The standard InChI is InChI=1S/C21H21ClFN3O5S2/c22-16-2-1-3-17(23)15(16)11-24-20(27)12-26-18-10-14(4-5-19(18)32-13-21(26)28)33(29,30)25-6-8-31-9-7-25/h1-5,10H,6-9,11-13H2,(H,24,27). The van der Waals surface area contributed by atoms with E-state index in [1.165, 1.54) is 51.3 Å². The molecule has 8 nitrogen and oxygen atoms in total. The fourth-order valence-electron chi connectivity index (χ4n) is 3.54. The third-order valence-electron chi connectivity index (χ3n) is 5.31. The summed E-state index contributed by atoms with van der Waals surface area (Å²) in [5.41, 5.74) is 0.497. The average Bonchev–Trinajstić information content (AvgIpc) is 2.81. The zero-order valence-corrected chi connectivity index (χ0v) is 19.8. The Morgan fingerprint density at radius 3 is 2.70 bits per heavy atom. The molecule has 33 heavy (non-hydrogen) atoms. The van der Waals surface area contributed by atoms with Crippen molar-refractivity contribution in [3.63, 3.8) is 0 Å². The molecule has 2 aliphatic heterocycles. The zero-order valence-electron chi connectivity index (χ0n) is 17.4. The minimum absolute atomic E-state index is 0.0435. The maximum atomic E-state index is 14.0. The summed E-state index contributed by atoms with van der Waals surface area (Å²) >= 11 is 7.27. The van der Waals surface area contributed by atoms with E-state index in [0.29, 0.717) is 23.8 Å². The molecule has 0 spiro atoms. The first-order valence-corrected chi connectivity index (χ1v) is 12.9. The largest absolute Gasteiger partial charge is 0.379 e. The molecular weight excluding hydrogens is 493 g/mol. The SMILES string of the molecule is O=C(CN1C(=O)CSc2ccc(S(=O)(=O)N3CCOCC3)cc21)NCc1c(F)cccc1Cl. The molecule has 2 heterocycles. The van der Waals surface area contributed by atoms with Gasteiger partial charge in [-0.1, -0.05) is 17.7 Å². The maximum absolute atomic E-state index is 14.0. The number of carbonyl (C=O) groups excluding carboxylic acids is 2. The van der Waals surface area contributed by atoms with Crippen molar-refractivity contribution in [2.45, 2.75) is 16.3 Å². The second-order valence-corrected chi connectivity index (χ2v) is 10.8. The fraction of sp³-hybridized carbons (Fsp3) is 0.333. The number of morpholine rings is 1. The maximum Gasteiger partial charge on any atom is 0.243 e. The number of sulfonamides is 1. The van der Waals surface area contributed by atoms with Crippen LogP contribution < -0.4 is 10.2 Å². The number of anilines is 1. The topological polar surface area (TPSA) is 96.0 Å². The van der Waals surface area contributed by atoms with Gasteiger partial charge in [-0.15, -0.1) is 11.8 Å². The Labute approximate surface area is 200 Å². The Balaban J connectivity index is 1.53. The fourth-order valence-corrected chi connectivity index (χ4v) is 6.11. The van der Waals surface area contributed by atoms with Gasteiger partial charge < -0.3 is 15.0 Å². The molecule has 2 aromatic carbocycles. The highest BCUT2D eigenvalue weighted by Gasteiger charge is 2.31. The van der Waals surface area contributed by atoms with Gasteiger partial charge in [-0.25, -0.2) is 12.8 Å². The quantitative estimate of drug-likeness (QED) is 0.636. The Kier molecular flexibility index (Phi) is 7.25. The number of fused-ring (bicyclic) bond motifs is 1. The lowest BCUT2D eigenvalue weighted by Crippen LogP contribution is -2.43. The summed E-state index contributed by atoms with van der Waals surface area (Å²) in [6.45, 7) is 0.655. The first-order valence-electron chi connectivity index (χ1n) is 10.1. The van der Waals surface area contributed by atoms with E-state index >= 15 is 0 Å². The molecule has 1 N–H and O–H groups in total. The molecule has 0 unspecified atom stereocenters. The molecule has 4 rings (SSSR count). The summed E-state index contributed by atoms with van der Waals surface area (Å²) in [6, 6.07) is 8.79. The summed E-state index contributed by atoms with van der Waals surface area (Å²) in [4.78, 5) is 27.2. The molecular formula is C21H21ClFN3O5S2. The van der Waals surface area contributed by atoms with E-state index in [9.17, 15) is 22.4 Å². The lowest BCUT2D eigenvalue weighted by Gasteiger charge is -2.30. The van der Waals surface area contributed by atoms with E-state index < -0.39 is 21.7 Å². The molecule has 0 aromatic heterocycles. The Bertz CT molecular complexity index is 1170. The molecule has 2 amide bonds. The van der Waals surface area contributed by atoms with Gasteiger partial charge in [0.15, 0.2) is 0 Å². The summed E-state index contributed by atoms with van der Waals surface area (Å²) in [5.74, 6) is -1.28. The van der Waals surface area contributed by atoms with Crippen LogP contribution in [-0.4, -0.2) is 63.1 Å². The van der Waals surface area contributed by atoms with E-state index in [2.05, 4.69) is 5.32 Å². The predicted molar refractivity (Wildman–Crippen MR) is 122 cm³/mol. The van der Waals surface area contributed by atoms with Crippen molar-refractivity contribution in [1.82, 2.24) is 9.62 Å². The van der Waals surface area contributed by atoms with Gasteiger partial charge in [0.25, 0.3) is 0 Å². The van der Waals surface area contributed by atoms with Crippen molar-refractivity contribution >= 4 is 50.9 Å². The highest BCUT2D eigenvalue weighted by molar-refractivity contribution is 8.00. The van der Waals surface area contributed by atoms with Crippen LogP contribution in [0, 0.1) is 5.82 Å². The number of thioether (sulfide) groups is 1. The summed E-state index contributed by atoms with van der Waals surface area (Å²) < 4.78 is 46.6. The summed E-state index contributed by atoms with van der Waals surface area (Å²) in [6.07, 6.45) is 0. The van der Waals surface area contributed by atoms with Crippen LogP contribution in [0.1, 0.15) is 5.56 Å². The van der Waals surface area contributed by atoms with Gasteiger partial charge in [-0.2, -0.15) is 4.31 Å². The zero-order chi connectivity index (χ0) is 23.6. The Morgan fingerprint density at radius 1 is 1.21 bits per heavy atom. The number of halogens is 2. The highest BCUT2D eigenvalue weighted by atomic mass is 35.5. The van der Waals surface area contributed by atoms with Gasteiger partial charge in [-0.3, -0.25) is 9.59 Å². The molecule has 1 saturated heterocycles. The monoisotopic (exact) mass is 513 g/mol. The highest BCUT2D eigenvalue weighted by Crippen LogP contribution is 2.37. The Morgan fingerprint density at radius 2 is 1.97 bits per heavy atom. The van der Waals surface area contributed by atoms with E-state index in [-0.39, 0.29) is 53.3 Å². The average molecular weight is 514 g/mol. The number of benzene rings is 2. The molecule has 2 aliphatic rings. The molecule has 0 radical (unpaired) electrons. The number of rotatable bonds is 6. The van der Waals surface area contributed by atoms with Gasteiger partial charge in [0.1, 0.15) is 12.4 Å². The van der Waals surface area contributed by atoms with E-state index in [1.54, 1.807) is 6.07 Å². The van der Waals surface area contributed by atoms with Gasteiger partial charge in [-0.05, 0) is 30.3 Å². The van der Waals surface area contributed by atoms with Gasteiger partial charge in [0.2, 0.25) is 21.8 Å². The minimum atomic E-state index is -3.77. The van der Waals surface area contributed by atoms with Gasteiger partial charge in [0, 0.05) is 35.1 Å². The second-order valence-electron chi connectivity index (χ2n) is 7.39. The van der Waals surface area contributed by atoms with Crippen molar-refractivity contribution < 1.29 is 27.1 Å².